The van der Waals surface area contributed by atoms with Crippen LogP contribution in [-0.2, 0) is 0 Å². The number of carbonyl (C=O) groups is 1. The van der Waals surface area contributed by atoms with Crippen molar-refractivity contribution in [3.8, 4) is 11.1 Å². The summed E-state index contributed by atoms with van der Waals surface area (Å²) in [6.07, 6.45) is 0.855. The van der Waals surface area contributed by atoms with Crippen molar-refractivity contribution in [3.05, 3.63) is 57.5 Å². The second-order valence-electron chi connectivity index (χ2n) is 3.33. The number of halogens is 2. The molecule has 2 aromatic carbocycles. The van der Waals surface area contributed by atoms with Crippen LogP contribution >= 0.6 is 27.5 Å². The first-order valence-corrected chi connectivity index (χ1v) is 5.89. The summed E-state index contributed by atoms with van der Waals surface area (Å²) in [4.78, 5) is 11.0. The van der Waals surface area contributed by atoms with E-state index in [0.717, 1.165) is 21.9 Å². The van der Waals surface area contributed by atoms with Crippen LogP contribution in [0.25, 0.3) is 11.1 Å². The number of aldehydes is 1. The Morgan fingerprint density at radius 1 is 1.06 bits per heavy atom. The molecule has 0 N–H and O–H groups in total. The van der Waals surface area contributed by atoms with Gasteiger partial charge in [-0.1, -0.05) is 51.8 Å². The minimum atomic E-state index is 0.657. The summed E-state index contributed by atoms with van der Waals surface area (Å²) in [6.45, 7) is 0. The Hall–Kier alpha value is -1.12. The van der Waals surface area contributed by atoms with Gasteiger partial charge in [0.1, 0.15) is 0 Å². The average molecular weight is 296 g/mol. The molecule has 3 heteroatoms. The van der Waals surface area contributed by atoms with Crippen molar-refractivity contribution in [2.45, 2.75) is 0 Å². The van der Waals surface area contributed by atoms with Crippen molar-refractivity contribution in [3.63, 3.8) is 0 Å². The van der Waals surface area contributed by atoms with Gasteiger partial charge in [0, 0.05) is 15.1 Å². The molecule has 0 aliphatic rings. The molecule has 0 saturated carbocycles. The van der Waals surface area contributed by atoms with Gasteiger partial charge in [-0.3, -0.25) is 4.79 Å². The molecule has 80 valence electrons. The van der Waals surface area contributed by atoms with Crippen molar-refractivity contribution in [2.24, 2.45) is 0 Å². The first-order chi connectivity index (χ1) is 7.72. The Bertz CT molecular complexity index is 520. The van der Waals surface area contributed by atoms with Crippen molar-refractivity contribution in [2.75, 3.05) is 0 Å². The number of hydrogen-bond donors (Lipinski definition) is 0. The van der Waals surface area contributed by atoms with Gasteiger partial charge in [-0.25, -0.2) is 0 Å². The quantitative estimate of drug-likeness (QED) is 0.741. The van der Waals surface area contributed by atoms with E-state index in [0.29, 0.717) is 10.6 Å². The fourth-order valence-electron chi connectivity index (χ4n) is 1.54. The van der Waals surface area contributed by atoms with Crippen LogP contribution in [0.4, 0.5) is 0 Å². The monoisotopic (exact) mass is 294 g/mol. The molecule has 2 rings (SSSR count). The molecule has 16 heavy (non-hydrogen) atoms. The normalized spacial score (nSPS) is 10.1. The maximum absolute atomic E-state index is 11.0. The lowest BCUT2D eigenvalue weighted by atomic mass is 10.0. The van der Waals surface area contributed by atoms with Crippen LogP contribution in [0.5, 0.6) is 0 Å². The average Bonchev–Trinajstić information content (AvgIpc) is 2.30. The fraction of sp³-hybridized carbons (Fsp3) is 0. The second-order valence-corrected chi connectivity index (χ2v) is 4.62. The highest BCUT2D eigenvalue weighted by molar-refractivity contribution is 9.10. The van der Waals surface area contributed by atoms with E-state index in [1.54, 1.807) is 0 Å². The van der Waals surface area contributed by atoms with Gasteiger partial charge in [0.05, 0.1) is 0 Å². The highest BCUT2D eigenvalue weighted by Gasteiger charge is 2.07. The predicted molar refractivity (Wildman–Crippen MR) is 70.0 cm³/mol. The SMILES string of the molecule is O=Cc1c(Br)cccc1-c1ccc(Cl)cc1. The smallest absolute Gasteiger partial charge is 0.151 e. The largest absolute Gasteiger partial charge is 0.298 e. The molecule has 2 aromatic rings. The van der Waals surface area contributed by atoms with Gasteiger partial charge >= 0.3 is 0 Å². The predicted octanol–water partition coefficient (Wildman–Crippen LogP) is 4.58. The summed E-state index contributed by atoms with van der Waals surface area (Å²) in [6, 6.07) is 13.1. The molecule has 0 atom stereocenters. The highest BCUT2D eigenvalue weighted by Crippen LogP contribution is 2.28. The van der Waals surface area contributed by atoms with Crippen LogP contribution in [-0.4, -0.2) is 6.29 Å². The summed E-state index contributed by atoms with van der Waals surface area (Å²) in [5.41, 5.74) is 2.54. The molecule has 0 aliphatic carbocycles. The van der Waals surface area contributed by atoms with Gasteiger partial charge in [-0.15, -0.1) is 0 Å². The van der Waals surface area contributed by atoms with E-state index < -0.39 is 0 Å². The molecular weight excluding hydrogens is 287 g/mol. The minimum absolute atomic E-state index is 0.657. The molecule has 0 amide bonds. The van der Waals surface area contributed by atoms with E-state index in [9.17, 15) is 4.79 Å². The lowest BCUT2D eigenvalue weighted by Gasteiger charge is -2.06. The van der Waals surface area contributed by atoms with Crippen molar-refractivity contribution in [1.29, 1.82) is 0 Å². The molecule has 0 radical (unpaired) electrons. The number of hydrogen-bond acceptors (Lipinski definition) is 1. The third-order valence-electron chi connectivity index (χ3n) is 2.33. The summed E-state index contributed by atoms with van der Waals surface area (Å²) in [7, 11) is 0. The topological polar surface area (TPSA) is 17.1 Å². The van der Waals surface area contributed by atoms with E-state index in [2.05, 4.69) is 15.9 Å². The molecule has 0 heterocycles. The standard InChI is InChI=1S/C13H8BrClO/c14-13-3-1-2-11(12(13)8-16)9-4-6-10(15)7-5-9/h1-8H. The molecule has 0 aromatic heterocycles. The van der Waals surface area contributed by atoms with Crippen LogP contribution in [0, 0.1) is 0 Å². The molecule has 0 bridgehead atoms. The first-order valence-electron chi connectivity index (χ1n) is 4.72. The highest BCUT2D eigenvalue weighted by atomic mass is 79.9. The van der Waals surface area contributed by atoms with E-state index in [-0.39, 0.29) is 0 Å². The Kier molecular flexibility index (Phi) is 3.42. The number of carbonyl (C=O) groups excluding carboxylic acids is 1. The van der Waals surface area contributed by atoms with E-state index in [1.165, 1.54) is 0 Å². The van der Waals surface area contributed by atoms with Crippen LogP contribution in [0.2, 0.25) is 5.02 Å². The number of rotatable bonds is 2. The van der Waals surface area contributed by atoms with Crippen LogP contribution in [0.1, 0.15) is 10.4 Å². The summed E-state index contributed by atoms with van der Waals surface area (Å²) < 4.78 is 0.801. The minimum Gasteiger partial charge on any atom is -0.298 e. The molecule has 0 aliphatic heterocycles. The van der Waals surface area contributed by atoms with Crippen molar-refractivity contribution < 1.29 is 4.79 Å². The first kappa shape index (κ1) is 11.4. The maximum Gasteiger partial charge on any atom is 0.151 e. The van der Waals surface area contributed by atoms with Gasteiger partial charge in [0.2, 0.25) is 0 Å². The third-order valence-corrected chi connectivity index (χ3v) is 3.27. The van der Waals surface area contributed by atoms with Gasteiger partial charge in [-0.05, 0) is 29.3 Å². The van der Waals surface area contributed by atoms with Gasteiger partial charge in [0.25, 0.3) is 0 Å². The van der Waals surface area contributed by atoms with Crippen molar-refractivity contribution >= 4 is 33.8 Å². The van der Waals surface area contributed by atoms with E-state index >= 15 is 0 Å². The van der Waals surface area contributed by atoms with E-state index in [1.807, 2.05) is 42.5 Å². The van der Waals surface area contributed by atoms with Gasteiger partial charge in [0.15, 0.2) is 6.29 Å². The Labute approximate surface area is 107 Å². The van der Waals surface area contributed by atoms with Crippen LogP contribution < -0.4 is 0 Å². The molecular formula is C13H8BrClO. The van der Waals surface area contributed by atoms with E-state index in [4.69, 9.17) is 11.6 Å². The maximum atomic E-state index is 11.0. The Balaban J connectivity index is 2.59. The second kappa shape index (κ2) is 4.81. The molecule has 1 nitrogen and oxygen atoms in total. The third kappa shape index (κ3) is 2.18. The number of benzene rings is 2. The van der Waals surface area contributed by atoms with Crippen LogP contribution in [0.3, 0.4) is 0 Å². The fourth-order valence-corrected chi connectivity index (χ4v) is 2.12. The zero-order chi connectivity index (χ0) is 11.5. The Morgan fingerprint density at radius 3 is 2.38 bits per heavy atom. The molecule has 0 unspecified atom stereocenters. The summed E-state index contributed by atoms with van der Waals surface area (Å²) in [5, 5.41) is 0.686. The Morgan fingerprint density at radius 2 is 1.75 bits per heavy atom. The molecule has 0 fully saturated rings. The lowest BCUT2D eigenvalue weighted by Crippen LogP contribution is -1.88. The zero-order valence-electron chi connectivity index (χ0n) is 8.28. The summed E-state index contributed by atoms with van der Waals surface area (Å²) >= 11 is 9.19. The summed E-state index contributed by atoms with van der Waals surface area (Å²) in [5.74, 6) is 0. The molecule has 0 spiro atoms. The zero-order valence-corrected chi connectivity index (χ0v) is 10.6. The van der Waals surface area contributed by atoms with Crippen LogP contribution in [0.15, 0.2) is 46.9 Å². The lowest BCUT2D eigenvalue weighted by molar-refractivity contribution is 0.112. The molecule has 0 saturated heterocycles. The van der Waals surface area contributed by atoms with Gasteiger partial charge < -0.3 is 0 Å². The van der Waals surface area contributed by atoms with Gasteiger partial charge in [-0.2, -0.15) is 0 Å². The van der Waals surface area contributed by atoms with Crippen molar-refractivity contribution in [1.82, 2.24) is 0 Å².